The molecule has 8 heteroatoms. The molecule has 0 aliphatic carbocycles. The van der Waals surface area contributed by atoms with Gasteiger partial charge >= 0.3 is 0 Å². The fourth-order valence-electron chi connectivity index (χ4n) is 1.62. The van der Waals surface area contributed by atoms with E-state index < -0.39 is 23.1 Å². The Morgan fingerprint density at radius 2 is 2.05 bits per heavy atom. The Labute approximate surface area is 131 Å². The first-order valence-electron chi connectivity index (χ1n) is 6.08. The molecule has 0 atom stereocenters. The van der Waals surface area contributed by atoms with Gasteiger partial charge in [0.2, 0.25) is 0 Å². The third-order valence-corrected chi connectivity index (χ3v) is 3.21. The molecule has 0 radical (unpaired) electrons. The zero-order valence-corrected chi connectivity index (χ0v) is 12.9. The van der Waals surface area contributed by atoms with Gasteiger partial charge in [-0.15, -0.1) is 0 Å². The molecule has 0 spiro atoms. The van der Waals surface area contributed by atoms with Gasteiger partial charge in [0.15, 0.2) is 0 Å². The normalized spacial score (nSPS) is 10.5. The molecule has 1 aromatic carbocycles. The fraction of sp³-hybridized carbons (Fsp3) is 0.385. The lowest BCUT2D eigenvalue weighted by atomic mass is 10.1. The van der Waals surface area contributed by atoms with Crippen molar-refractivity contribution in [2.24, 2.45) is 5.73 Å². The number of halogens is 3. The zero-order chi connectivity index (χ0) is 16.0. The van der Waals surface area contributed by atoms with Gasteiger partial charge in [-0.25, -0.2) is 8.78 Å². The monoisotopic (exact) mass is 336 g/mol. The van der Waals surface area contributed by atoms with Crippen molar-refractivity contribution in [3.05, 3.63) is 34.4 Å². The highest BCUT2D eigenvalue weighted by Crippen LogP contribution is 2.20. The second-order valence-electron chi connectivity index (χ2n) is 4.25. The van der Waals surface area contributed by atoms with Gasteiger partial charge in [-0.2, -0.15) is 0 Å². The molecular weight excluding hydrogens is 322 g/mol. The summed E-state index contributed by atoms with van der Waals surface area (Å²) >= 11 is 10.2. The third kappa shape index (κ3) is 5.18. The minimum atomic E-state index is -0.885. The number of thiocarbonyl (C=S) groups is 1. The minimum Gasteiger partial charge on any atom is -0.393 e. The van der Waals surface area contributed by atoms with Crippen LogP contribution in [0.1, 0.15) is 16.8 Å². The molecule has 0 saturated heterocycles. The summed E-state index contributed by atoms with van der Waals surface area (Å²) in [6, 6.07) is 1.55. The Bertz CT molecular complexity index is 543. The van der Waals surface area contributed by atoms with Crippen molar-refractivity contribution in [1.29, 1.82) is 0 Å². The first-order chi connectivity index (χ1) is 9.86. The van der Waals surface area contributed by atoms with E-state index in [9.17, 15) is 13.6 Å². The van der Waals surface area contributed by atoms with Crippen LogP contribution in [0.3, 0.4) is 0 Å². The zero-order valence-electron chi connectivity index (χ0n) is 11.4. The summed E-state index contributed by atoms with van der Waals surface area (Å²) in [6.07, 6.45) is 0.280. The van der Waals surface area contributed by atoms with Crippen LogP contribution in [0.4, 0.5) is 8.78 Å². The molecule has 1 amide bonds. The highest BCUT2D eigenvalue weighted by Gasteiger charge is 2.21. The van der Waals surface area contributed by atoms with Gasteiger partial charge < -0.3 is 15.4 Å². The summed E-state index contributed by atoms with van der Waals surface area (Å²) in [5.41, 5.74) is 5.00. The van der Waals surface area contributed by atoms with Crippen LogP contribution in [0.5, 0.6) is 0 Å². The second-order valence-corrected chi connectivity index (χ2v) is 5.18. The molecule has 0 aliphatic rings. The van der Waals surface area contributed by atoms with E-state index in [1.807, 2.05) is 0 Å². The molecule has 21 heavy (non-hydrogen) atoms. The fourth-order valence-corrected chi connectivity index (χ4v) is 1.86. The summed E-state index contributed by atoms with van der Waals surface area (Å²) in [7, 11) is 1.47. The van der Waals surface area contributed by atoms with Crippen LogP contribution in [-0.4, -0.2) is 42.6 Å². The Morgan fingerprint density at radius 1 is 1.38 bits per heavy atom. The van der Waals surface area contributed by atoms with Crippen LogP contribution in [0.15, 0.2) is 12.1 Å². The molecule has 0 saturated carbocycles. The van der Waals surface area contributed by atoms with E-state index in [0.717, 1.165) is 12.1 Å². The van der Waals surface area contributed by atoms with Gasteiger partial charge in [0.25, 0.3) is 5.91 Å². The van der Waals surface area contributed by atoms with Crippen LogP contribution in [0, 0.1) is 11.6 Å². The molecule has 0 aliphatic heterocycles. The van der Waals surface area contributed by atoms with Crippen molar-refractivity contribution in [3.8, 4) is 0 Å². The molecule has 0 bridgehead atoms. The number of nitrogens with two attached hydrogens (primary N) is 1. The van der Waals surface area contributed by atoms with Crippen molar-refractivity contribution < 1.29 is 18.3 Å². The number of rotatable bonds is 7. The number of benzene rings is 1. The van der Waals surface area contributed by atoms with Crippen LogP contribution in [0.25, 0.3) is 0 Å². The molecule has 1 rings (SSSR count). The van der Waals surface area contributed by atoms with Crippen LogP contribution in [0.2, 0.25) is 5.02 Å². The second kappa shape index (κ2) is 8.21. The summed E-state index contributed by atoms with van der Waals surface area (Å²) in [4.78, 5) is 13.8. The summed E-state index contributed by atoms with van der Waals surface area (Å²) in [5.74, 6) is -2.41. The van der Waals surface area contributed by atoms with E-state index in [0.29, 0.717) is 0 Å². The number of nitrogens with zero attached hydrogens (tertiary/aromatic N) is 1. The minimum absolute atomic E-state index is 0.196. The van der Waals surface area contributed by atoms with E-state index in [2.05, 4.69) is 0 Å². The van der Waals surface area contributed by atoms with Crippen molar-refractivity contribution in [2.45, 2.75) is 6.42 Å². The van der Waals surface area contributed by atoms with Gasteiger partial charge in [0.05, 0.1) is 22.2 Å². The molecule has 1 aromatic rings. The summed E-state index contributed by atoms with van der Waals surface area (Å²) in [5, 5.41) is -0.379. The van der Waals surface area contributed by atoms with E-state index in [1.54, 1.807) is 0 Å². The van der Waals surface area contributed by atoms with Gasteiger partial charge in [0.1, 0.15) is 11.6 Å². The highest BCUT2D eigenvalue weighted by molar-refractivity contribution is 7.80. The molecular formula is C13H15ClF2N2O2S. The third-order valence-electron chi connectivity index (χ3n) is 2.72. The van der Waals surface area contributed by atoms with Gasteiger partial charge in [-0.1, -0.05) is 23.8 Å². The lowest BCUT2D eigenvalue weighted by molar-refractivity contribution is 0.0696. The van der Waals surface area contributed by atoms with Gasteiger partial charge in [-0.05, 0) is 12.1 Å². The van der Waals surface area contributed by atoms with Gasteiger partial charge in [0, 0.05) is 26.6 Å². The van der Waals surface area contributed by atoms with E-state index >= 15 is 0 Å². The van der Waals surface area contributed by atoms with Crippen LogP contribution >= 0.6 is 23.8 Å². The van der Waals surface area contributed by atoms with E-state index in [1.165, 1.54) is 12.0 Å². The Hall–Kier alpha value is -1.31. The van der Waals surface area contributed by atoms with Crippen LogP contribution in [-0.2, 0) is 4.74 Å². The number of amides is 1. The Kier molecular flexibility index (Phi) is 6.94. The van der Waals surface area contributed by atoms with Crippen LogP contribution < -0.4 is 5.73 Å². The molecule has 2 N–H and O–H groups in total. The van der Waals surface area contributed by atoms with Crippen molar-refractivity contribution in [2.75, 3.05) is 26.8 Å². The molecule has 116 valence electrons. The largest absolute Gasteiger partial charge is 0.393 e. The first kappa shape index (κ1) is 17.7. The lowest BCUT2D eigenvalue weighted by Crippen LogP contribution is -2.36. The maximum Gasteiger partial charge on any atom is 0.257 e. The molecule has 0 unspecified atom stereocenters. The molecule has 0 aromatic heterocycles. The summed E-state index contributed by atoms with van der Waals surface area (Å²) < 4.78 is 32.1. The molecule has 0 fully saturated rings. The average molecular weight is 337 g/mol. The predicted molar refractivity (Wildman–Crippen MR) is 80.5 cm³/mol. The highest BCUT2D eigenvalue weighted by atomic mass is 35.5. The lowest BCUT2D eigenvalue weighted by Gasteiger charge is -2.22. The maximum absolute atomic E-state index is 13.8. The number of carbonyl (C=O) groups is 1. The topological polar surface area (TPSA) is 55.6 Å². The standard InChI is InChI=1S/C13H15ClF2N2O2S/c1-20-5-4-18(3-2-12(17)21)13(19)8-6-11(16)9(14)7-10(8)15/h6-7H,2-5H2,1H3,(H2,17,21). The van der Waals surface area contributed by atoms with E-state index in [-0.39, 0.29) is 36.1 Å². The van der Waals surface area contributed by atoms with Crippen molar-refractivity contribution in [1.82, 2.24) is 4.90 Å². The first-order valence-corrected chi connectivity index (χ1v) is 6.86. The number of ether oxygens (including phenoxy) is 1. The molecule has 0 heterocycles. The van der Waals surface area contributed by atoms with Crippen molar-refractivity contribution in [3.63, 3.8) is 0 Å². The van der Waals surface area contributed by atoms with Crippen molar-refractivity contribution >= 4 is 34.7 Å². The summed E-state index contributed by atoms with van der Waals surface area (Å²) in [6.45, 7) is 0.656. The SMILES string of the molecule is COCCN(CCC(N)=S)C(=O)c1cc(F)c(Cl)cc1F. The molecule has 4 nitrogen and oxygen atoms in total. The number of hydrogen-bond donors (Lipinski definition) is 1. The maximum atomic E-state index is 13.8. The van der Waals surface area contributed by atoms with Gasteiger partial charge in [-0.3, -0.25) is 4.79 Å². The Balaban J connectivity index is 2.98. The number of methoxy groups -OCH3 is 1. The predicted octanol–water partition coefficient (Wildman–Crippen LogP) is 2.38. The van der Waals surface area contributed by atoms with E-state index in [4.69, 9.17) is 34.3 Å². The average Bonchev–Trinajstić information content (AvgIpc) is 2.42. The Morgan fingerprint density at radius 3 is 2.62 bits per heavy atom. The quantitative estimate of drug-likeness (QED) is 0.613. The number of hydrogen-bond acceptors (Lipinski definition) is 3. The smallest absolute Gasteiger partial charge is 0.257 e. The number of carbonyl (C=O) groups excluding carboxylic acids is 1.